The van der Waals surface area contributed by atoms with E-state index < -0.39 is 6.10 Å². The Morgan fingerprint density at radius 1 is 1.24 bits per heavy atom. The molecule has 0 aliphatic carbocycles. The maximum atomic E-state index is 13.1. The molecule has 0 saturated carbocycles. The maximum absolute atomic E-state index is 13.1. The van der Waals surface area contributed by atoms with Crippen molar-refractivity contribution in [2.75, 3.05) is 20.2 Å². The molecule has 194 valence electrons. The summed E-state index contributed by atoms with van der Waals surface area (Å²) in [6, 6.07) is 9.90. The number of rotatable bonds is 13. The maximum Gasteiger partial charge on any atom is 0.225 e. The summed E-state index contributed by atoms with van der Waals surface area (Å²) in [5.74, 6) is 1.31. The molecule has 2 N–H and O–H groups in total. The minimum Gasteiger partial charge on any atom is -0.387 e. The molecular weight excluding hydrogens is 424 g/mol. The van der Waals surface area contributed by atoms with Gasteiger partial charge < -0.3 is 20.1 Å². The van der Waals surface area contributed by atoms with Crippen molar-refractivity contribution in [1.82, 2.24) is 10.2 Å². The highest BCUT2D eigenvalue weighted by molar-refractivity contribution is 5.77. The van der Waals surface area contributed by atoms with Crippen molar-refractivity contribution in [1.29, 1.82) is 0 Å². The fraction of sp³-hybridized carbons (Fsp3) is 0.690. The lowest BCUT2D eigenvalue weighted by molar-refractivity contribution is -0.136. The van der Waals surface area contributed by atoms with Crippen molar-refractivity contribution in [3.8, 4) is 0 Å². The van der Waals surface area contributed by atoms with Crippen LogP contribution in [0.1, 0.15) is 85.3 Å². The SMILES string of the molecule is C=C(NC[C@@H](O)c1ccccc1)C(C)C[C@@H]1CCCN1C(=O)CC(OC)C(C)C(C)CC.CC. The minimum atomic E-state index is -0.566. The van der Waals surface area contributed by atoms with E-state index in [4.69, 9.17) is 4.74 Å². The summed E-state index contributed by atoms with van der Waals surface area (Å²) in [5, 5.41) is 13.7. The van der Waals surface area contributed by atoms with Crippen LogP contribution >= 0.6 is 0 Å². The molecule has 5 nitrogen and oxygen atoms in total. The molecule has 1 saturated heterocycles. The van der Waals surface area contributed by atoms with Gasteiger partial charge in [0.1, 0.15) is 0 Å². The Hall–Kier alpha value is -1.85. The first kappa shape index (κ1) is 30.2. The zero-order valence-electron chi connectivity index (χ0n) is 22.7. The van der Waals surface area contributed by atoms with Gasteiger partial charge >= 0.3 is 0 Å². The molecule has 1 amide bonds. The first-order valence-electron chi connectivity index (χ1n) is 13.3. The molecule has 1 aliphatic heterocycles. The van der Waals surface area contributed by atoms with Crippen LogP contribution in [0.5, 0.6) is 0 Å². The first-order chi connectivity index (χ1) is 16.3. The van der Waals surface area contributed by atoms with Gasteiger partial charge in [0.05, 0.1) is 18.6 Å². The molecule has 6 atom stereocenters. The molecule has 0 bridgehead atoms. The van der Waals surface area contributed by atoms with Gasteiger partial charge in [-0.05, 0) is 42.6 Å². The fourth-order valence-corrected chi connectivity index (χ4v) is 4.67. The molecule has 1 aliphatic rings. The smallest absolute Gasteiger partial charge is 0.225 e. The standard InChI is InChI=1S/C27H44N2O3.C2H6/c1-7-19(2)21(4)26(32-6)17-27(31)29-15-11-14-24(29)16-20(3)22(5)28-18-25(30)23-12-9-8-10-13-23;1-2/h8-10,12-13,19-21,24-26,28,30H,5,7,11,14-18H2,1-4,6H3;1-2H3/t19?,20?,21?,24-,25+,26?;/m0./s1. The number of methoxy groups -OCH3 is 1. The molecule has 2 rings (SSSR count). The van der Waals surface area contributed by atoms with Crippen molar-refractivity contribution in [3.05, 3.63) is 48.2 Å². The largest absolute Gasteiger partial charge is 0.387 e. The Labute approximate surface area is 209 Å². The van der Waals surface area contributed by atoms with Gasteiger partial charge in [-0.1, -0.05) is 84.9 Å². The third-order valence-electron chi connectivity index (χ3n) is 7.43. The number of allylic oxidation sites excluding steroid dienone is 1. The molecule has 0 spiro atoms. The van der Waals surface area contributed by atoms with Gasteiger partial charge in [0.25, 0.3) is 0 Å². The molecule has 4 unspecified atom stereocenters. The first-order valence-corrected chi connectivity index (χ1v) is 13.3. The van der Waals surface area contributed by atoms with Gasteiger partial charge in [-0.25, -0.2) is 0 Å². The van der Waals surface area contributed by atoms with Crippen LogP contribution in [0.4, 0.5) is 0 Å². The number of carbonyl (C=O) groups is 1. The van der Waals surface area contributed by atoms with Crippen LogP contribution in [0.3, 0.4) is 0 Å². The average Bonchev–Trinajstić information content (AvgIpc) is 3.34. The van der Waals surface area contributed by atoms with Crippen molar-refractivity contribution in [2.24, 2.45) is 17.8 Å². The van der Waals surface area contributed by atoms with Crippen LogP contribution in [0, 0.1) is 17.8 Å². The zero-order chi connectivity index (χ0) is 25.7. The second-order valence-corrected chi connectivity index (χ2v) is 9.58. The van der Waals surface area contributed by atoms with Crippen LogP contribution in [0.15, 0.2) is 42.6 Å². The highest BCUT2D eigenvalue weighted by Gasteiger charge is 2.33. The summed E-state index contributed by atoms with van der Waals surface area (Å²) in [6.07, 6.45) is 3.92. The van der Waals surface area contributed by atoms with E-state index in [1.54, 1.807) is 7.11 Å². The molecule has 5 heteroatoms. The van der Waals surface area contributed by atoms with E-state index in [2.05, 4.69) is 44.5 Å². The number of carbonyl (C=O) groups excluding carboxylic acids is 1. The monoisotopic (exact) mass is 474 g/mol. The van der Waals surface area contributed by atoms with Gasteiger partial charge in [0, 0.05) is 31.9 Å². The molecule has 1 fully saturated rings. The third kappa shape index (κ3) is 9.07. The second kappa shape index (κ2) is 15.9. The zero-order valence-corrected chi connectivity index (χ0v) is 22.7. The number of hydrogen-bond acceptors (Lipinski definition) is 4. The summed E-state index contributed by atoms with van der Waals surface area (Å²) in [6.45, 7) is 18.2. The number of ether oxygens (including phenoxy) is 1. The second-order valence-electron chi connectivity index (χ2n) is 9.58. The van der Waals surface area contributed by atoms with Gasteiger partial charge in [0.15, 0.2) is 0 Å². The number of hydrogen-bond donors (Lipinski definition) is 2. The number of likely N-dealkylation sites (tertiary alicyclic amines) is 1. The Balaban J connectivity index is 0.00000281. The van der Waals surface area contributed by atoms with E-state index in [0.717, 1.165) is 43.5 Å². The molecule has 1 aromatic rings. The normalized spacial score (nSPS) is 19.9. The van der Waals surface area contributed by atoms with Crippen LogP contribution in [0.25, 0.3) is 0 Å². The predicted octanol–water partition coefficient (Wildman–Crippen LogP) is 5.95. The summed E-state index contributed by atoms with van der Waals surface area (Å²) >= 11 is 0. The minimum absolute atomic E-state index is 0.0350. The summed E-state index contributed by atoms with van der Waals surface area (Å²) in [4.78, 5) is 15.2. The van der Waals surface area contributed by atoms with Gasteiger partial charge in [0.2, 0.25) is 5.91 Å². The highest BCUT2D eigenvalue weighted by Crippen LogP contribution is 2.29. The Bertz CT molecular complexity index is 709. The molecule has 34 heavy (non-hydrogen) atoms. The number of nitrogens with zero attached hydrogens (tertiary/aromatic N) is 1. The number of nitrogens with one attached hydrogen (secondary N) is 1. The molecule has 1 heterocycles. The van der Waals surface area contributed by atoms with E-state index in [1.807, 2.05) is 44.2 Å². The number of aliphatic hydroxyl groups excluding tert-OH is 1. The van der Waals surface area contributed by atoms with Crippen molar-refractivity contribution < 1.29 is 14.6 Å². The van der Waals surface area contributed by atoms with Crippen molar-refractivity contribution >= 4 is 5.91 Å². The van der Waals surface area contributed by atoms with Gasteiger partial charge in [-0.15, -0.1) is 0 Å². The molecular formula is C29H50N2O3. The lowest BCUT2D eigenvalue weighted by Crippen LogP contribution is -2.40. The number of amides is 1. The Morgan fingerprint density at radius 2 is 1.88 bits per heavy atom. The topological polar surface area (TPSA) is 61.8 Å². The Kier molecular flexibility index (Phi) is 14.1. The summed E-state index contributed by atoms with van der Waals surface area (Å²) in [7, 11) is 1.72. The van der Waals surface area contributed by atoms with Gasteiger partial charge in [-0.3, -0.25) is 4.79 Å². The third-order valence-corrected chi connectivity index (χ3v) is 7.43. The predicted molar refractivity (Wildman–Crippen MR) is 142 cm³/mol. The van der Waals surface area contributed by atoms with E-state index in [1.165, 1.54) is 0 Å². The lowest BCUT2D eigenvalue weighted by atomic mass is 9.87. The molecule has 0 radical (unpaired) electrons. The van der Waals surface area contributed by atoms with E-state index >= 15 is 0 Å². The Morgan fingerprint density at radius 3 is 2.47 bits per heavy atom. The van der Waals surface area contributed by atoms with Crippen LogP contribution in [-0.4, -0.2) is 48.3 Å². The number of aliphatic hydroxyl groups is 1. The van der Waals surface area contributed by atoms with Crippen LogP contribution in [0.2, 0.25) is 0 Å². The van der Waals surface area contributed by atoms with Crippen molar-refractivity contribution in [2.45, 2.75) is 91.9 Å². The highest BCUT2D eigenvalue weighted by atomic mass is 16.5. The molecule has 1 aromatic carbocycles. The summed E-state index contributed by atoms with van der Waals surface area (Å²) in [5.41, 5.74) is 1.81. The lowest BCUT2D eigenvalue weighted by Gasteiger charge is -2.32. The number of benzene rings is 1. The van der Waals surface area contributed by atoms with Crippen molar-refractivity contribution in [3.63, 3.8) is 0 Å². The van der Waals surface area contributed by atoms with E-state index in [0.29, 0.717) is 24.8 Å². The average molecular weight is 475 g/mol. The van der Waals surface area contributed by atoms with E-state index in [-0.39, 0.29) is 24.0 Å². The van der Waals surface area contributed by atoms with Crippen LogP contribution < -0.4 is 5.32 Å². The quantitative estimate of drug-likeness (QED) is 0.371. The fourth-order valence-electron chi connectivity index (χ4n) is 4.67. The molecule has 0 aromatic heterocycles. The van der Waals surface area contributed by atoms with E-state index in [9.17, 15) is 9.90 Å². The summed E-state index contributed by atoms with van der Waals surface area (Å²) < 4.78 is 5.72. The van der Waals surface area contributed by atoms with Gasteiger partial charge in [-0.2, -0.15) is 0 Å². The van der Waals surface area contributed by atoms with Crippen LogP contribution in [-0.2, 0) is 9.53 Å².